The van der Waals surface area contributed by atoms with Crippen LogP contribution in [0.1, 0.15) is 80.0 Å². The molecule has 8 N–H and O–H groups in total. The average Bonchev–Trinajstić information content (AvgIpc) is 3.45. The normalized spacial score (nSPS) is 12.5. The van der Waals surface area contributed by atoms with Gasteiger partial charge >= 0.3 is 0 Å². The van der Waals surface area contributed by atoms with Crippen molar-refractivity contribution >= 4 is 98.1 Å². The smallest absolute Gasteiger partial charge is 0.261 e. The van der Waals surface area contributed by atoms with Crippen molar-refractivity contribution in [3.05, 3.63) is 58.7 Å². The molecule has 0 saturated carbocycles. The highest BCUT2D eigenvalue weighted by Crippen LogP contribution is 2.32. The Kier molecular flexibility index (Phi) is 31.0. The lowest BCUT2D eigenvalue weighted by atomic mass is 9.97. The molecule has 2 aromatic rings. The highest BCUT2D eigenvalue weighted by atomic mass is 35.5. The Morgan fingerprint density at radius 3 is 1.02 bits per heavy atom. The van der Waals surface area contributed by atoms with Gasteiger partial charge < -0.3 is 32.7 Å². The molecule has 2 aliphatic heterocycles. The number of rotatable bonds is 23. The molecule has 0 radical (unpaired) electrons. The lowest BCUT2D eigenvalue weighted by Crippen LogP contribution is -2.33. The van der Waals surface area contributed by atoms with E-state index in [2.05, 4.69) is 21.3 Å². The van der Waals surface area contributed by atoms with Gasteiger partial charge in [0.2, 0.25) is 0 Å². The van der Waals surface area contributed by atoms with Crippen LogP contribution in [0.2, 0.25) is 0 Å². The number of nitrogens with one attached hydrogen (secondary N) is 4. The van der Waals surface area contributed by atoms with E-state index in [0.717, 1.165) is 65.0 Å². The van der Waals surface area contributed by atoms with Crippen LogP contribution >= 0.6 is 74.4 Å². The van der Waals surface area contributed by atoms with Gasteiger partial charge in [0.05, 0.1) is 22.3 Å². The van der Waals surface area contributed by atoms with Crippen LogP contribution < -0.4 is 32.7 Å². The number of amides is 4. The van der Waals surface area contributed by atoms with Gasteiger partial charge in [-0.05, 0) is 139 Å². The van der Waals surface area contributed by atoms with Crippen LogP contribution in [0.5, 0.6) is 0 Å². The Hall–Kier alpha value is -1.78. The zero-order valence-corrected chi connectivity index (χ0v) is 34.2. The summed E-state index contributed by atoms with van der Waals surface area (Å²) in [6.07, 6.45) is 5.26. The van der Waals surface area contributed by atoms with Gasteiger partial charge in [0.1, 0.15) is 0 Å². The Balaban J connectivity index is -0.00000400. The highest BCUT2D eigenvalue weighted by Gasteiger charge is 2.37. The second-order valence-corrected chi connectivity index (χ2v) is 11.7. The highest BCUT2D eigenvalue weighted by molar-refractivity contribution is 6.23. The fraction of sp³-hybridized carbons (Fsp3) is 0.529. The summed E-state index contributed by atoms with van der Waals surface area (Å²) >= 11 is 0. The first-order valence-electron chi connectivity index (χ1n) is 16.7. The molecule has 12 nitrogen and oxygen atoms in total. The fourth-order valence-corrected chi connectivity index (χ4v) is 5.70. The third-order valence-corrected chi connectivity index (χ3v) is 8.27. The maximum Gasteiger partial charge on any atom is 0.261 e. The number of benzene rings is 2. The summed E-state index contributed by atoms with van der Waals surface area (Å²) < 4.78 is 0. The van der Waals surface area contributed by atoms with E-state index < -0.39 is 0 Å². The molecule has 4 rings (SSSR count). The molecular weight excluding hydrogens is 797 g/mol. The lowest BCUT2D eigenvalue weighted by Gasteiger charge is -2.14. The molecule has 0 aromatic heterocycles. The van der Waals surface area contributed by atoms with Gasteiger partial charge in [0.15, 0.2) is 0 Å². The molecule has 2 aromatic carbocycles. The first-order valence-corrected chi connectivity index (χ1v) is 16.7. The van der Waals surface area contributed by atoms with E-state index in [1.807, 2.05) is 0 Å². The van der Waals surface area contributed by atoms with Crippen LogP contribution in [0.3, 0.4) is 0 Å². The Morgan fingerprint density at radius 1 is 0.404 bits per heavy atom. The largest absolute Gasteiger partial charge is 0.330 e. The number of carbonyl (C=O) groups is 4. The van der Waals surface area contributed by atoms with Crippen molar-refractivity contribution in [1.29, 1.82) is 0 Å². The predicted molar refractivity (Wildman–Crippen MR) is 223 cm³/mol. The molecule has 18 heteroatoms. The molecule has 2 heterocycles. The van der Waals surface area contributed by atoms with Crippen LogP contribution in [0.4, 0.5) is 0 Å². The molecule has 0 fully saturated rings. The summed E-state index contributed by atoms with van der Waals surface area (Å²) in [6.45, 7) is 8.91. The fourth-order valence-electron chi connectivity index (χ4n) is 5.70. The second-order valence-electron chi connectivity index (χ2n) is 11.7. The quantitative estimate of drug-likeness (QED) is 0.0715. The zero-order valence-electron chi connectivity index (χ0n) is 29.3. The summed E-state index contributed by atoms with van der Waals surface area (Å²) in [6, 6.07) is 10.4. The first-order chi connectivity index (χ1) is 22.5. The monoisotopic (exact) mass is 850 g/mol. The third-order valence-electron chi connectivity index (χ3n) is 8.27. The van der Waals surface area contributed by atoms with Crippen molar-refractivity contribution in [2.24, 2.45) is 11.5 Å². The van der Waals surface area contributed by atoms with Crippen molar-refractivity contribution in [2.45, 2.75) is 38.5 Å². The van der Waals surface area contributed by atoms with E-state index in [9.17, 15) is 19.2 Å². The standard InChI is InChI=1S/C34H50N8O4.6ClH/c35-11-1-13-37-15-3-17-39-19-5-21-41-31(43)27-9-7-25(23-29(27)33(41)45)26-8-10-28-30(24-26)34(46)42(32(28)44)22-6-20-40-18-4-16-38-14-2-12-36;;;;;;/h7-10,23-24,37-40H,1-6,11-22,35-36H2;6*1H. The molecule has 0 aliphatic carbocycles. The number of nitrogens with two attached hydrogens (primary N) is 2. The number of fused-ring (bicyclic) bond motifs is 2. The molecule has 52 heavy (non-hydrogen) atoms. The number of hydrogen-bond donors (Lipinski definition) is 6. The van der Waals surface area contributed by atoms with Crippen LogP contribution in [0, 0.1) is 0 Å². The maximum atomic E-state index is 13.2. The first kappa shape index (κ1) is 54.6. The van der Waals surface area contributed by atoms with E-state index >= 15 is 0 Å². The van der Waals surface area contributed by atoms with E-state index in [-0.39, 0.29) is 98.1 Å². The second kappa shape index (κ2) is 29.6. The molecule has 0 unspecified atom stereocenters. The van der Waals surface area contributed by atoms with Crippen LogP contribution in [-0.4, -0.2) is 112 Å². The molecular formula is C34H56Cl6N8O4. The summed E-state index contributed by atoms with van der Waals surface area (Å²) in [5.41, 5.74) is 13.9. The van der Waals surface area contributed by atoms with Crippen molar-refractivity contribution in [3.63, 3.8) is 0 Å². The number of nitrogens with zero attached hydrogens (tertiary/aromatic N) is 2. The average molecular weight is 854 g/mol. The van der Waals surface area contributed by atoms with E-state index in [0.29, 0.717) is 85.5 Å². The number of imide groups is 2. The summed E-state index contributed by atoms with van der Waals surface area (Å²) in [5.74, 6) is -1.17. The van der Waals surface area contributed by atoms with E-state index in [4.69, 9.17) is 11.5 Å². The van der Waals surface area contributed by atoms with Gasteiger partial charge in [0, 0.05) is 13.1 Å². The third kappa shape index (κ3) is 15.2. The number of halogens is 6. The van der Waals surface area contributed by atoms with Gasteiger partial charge in [-0.1, -0.05) is 12.1 Å². The zero-order chi connectivity index (χ0) is 32.7. The molecule has 0 saturated heterocycles. The van der Waals surface area contributed by atoms with Gasteiger partial charge in [-0.15, -0.1) is 74.4 Å². The number of hydrogen-bond acceptors (Lipinski definition) is 10. The summed E-state index contributed by atoms with van der Waals surface area (Å²) in [7, 11) is 0. The topological polar surface area (TPSA) is 175 Å². The van der Waals surface area contributed by atoms with Crippen molar-refractivity contribution in [2.75, 3.05) is 78.5 Å². The van der Waals surface area contributed by atoms with Crippen molar-refractivity contribution in [1.82, 2.24) is 31.1 Å². The van der Waals surface area contributed by atoms with Crippen molar-refractivity contribution in [3.8, 4) is 11.1 Å². The van der Waals surface area contributed by atoms with Gasteiger partial charge in [0.25, 0.3) is 23.6 Å². The maximum absolute atomic E-state index is 13.2. The van der Waals surface area contributed by atoms with Gasteiger partial charge in [-0.2, -0.15) is 0 Å². The molecule has 0 bridgehead atoms. The van der Waals surface area contributed by atoms with E-state index in [1.54, 1.807) is 36.4 Å². The molecule has 4 amide bonds. The minimum absolute atomic E-state index is 0. The van der Waals surface area contributed by atoms with Crippen LogP contribution in [0.15, 0.2) is 36.4 Å². The Bertz CT molecular complexity index is 1280. The SMILES string of the molecule is Cl.Cl.Cl.Cl.Cl.Cl.NCCCNCCCNCCCN1C(=O)c2ccc(-c3ccc4c(c3)C(=O)N(CCCNCCCNCCCN)C4=O)cc2C1=O. The van der Waals surface area contributed by atoms with Crippen LogP contribution in [-0.2, 0) is 0 Å². The summed E-state index contributed by atoms with van der Waals surface area (Å²) in [5, 5.41) is 13.4. The van der Waals surface area contributed by atoms with Gasteiger partial charge in [-0.25, -0.2) is 0 Å². The van der Waals surface area contributed by atoms with Crippen molar-refractivity contribution < 1.29 is 19.2 Å². The minimum atomic E-state index is -0.305. The Morgan fingerprint density at radius 2 is 0.692 bits per heavy atom. The molecule has 2 aliphatic rings. The molecule has 0 spiro atoms. The Labute approximate surface area is 344 Å². The lowest BCUT2D eigenvalue weighted by molar-refractivity contribution is 0.0637. The number of carbonyl (C=O) groups excluding carboxylic acids is 4. The van der Waals surface area contributed by atoms with Gasteiger partial charge in [-0.3, -0.25) is 29.0 Å². The minimum Gasteiger partial charge on any atom is -0.330 e. The predicted octanol–water partition coefficient (Wildman–Crippen LogP) is 3.69. The molecule has 298 valence electrons. The summed E-state index contributed by atoms with van der Waals surface area (Å²) in [4.78, 5) is 55.0. The van der Waals surface area contributed by atoms with E-state index in [1.165, 1.54) is 9.80 Å². The molecule has 0 atom stereocenters. The van der Waals surface area contributed by atoms with Crippen LogP contribution in [0.25, 0.3) is 11.1 Å².